The Bertz CT molecular complexity index is 500. The second-order valence-electron chi connectivity index (χ2n) is 5.21. The number of rotatable bonds is 6. The maximum atomic E-state index is 12.0. The summed E-state index contributed by atoms with van der Waals surface area (Å²) in [5.41, 5.74) is 7.12. The first-order valence-electron chi connectivity index (χ1n) is 6.76. The van der Waals surface area contributed by atoms with Crippen LogP contribution in [-0.2, 0) is 11.2 Å². The summed E-state index contributed by atoms with van der Waals surface area (Å²) in [6, 6.07) is 8.07. The van der Waals surface area contributed by atoms with Crippen LogP contribution in [-0.4, -0.2) is 22.5 Å². The van der Waals surface area contributed by atoms with Crippen molar-refractivity contribution in [2.24, 2.45) is 10.9 Å². The standard InChI is InChI=1S/C15H23N3O2/c1-4-15(3,14(16)18-20)17-13(19)9-8-12-7-5-6-11(2)10-12/h5-7,10,20H,4,8-9H2,1-3H3,(H2,16,18)(H,17,19). The van der Waals surface area contributed by atoms with E-state index >= 15 is 0 Å². The first-order valence-corrected chi connectivity index (χ1v) is 6.76. The summed E-state index contributed by atoms with van der Waals surface area (Å²) >= 11 is 0. The largest absolute Gasteiger partial charge is 0.409 e. The van der Waals surface area contributed by atoms with E-state index in [-0.39, 0.29) is 11.7 Å². The van der Waals surface area contributed by atoms with Crippen molar-refractivity contribution < 1.29 is 10.0 Å². The number of hydrogen-bond donors (Lipinski definition) is 3. The van der Waals surface area contributed by atoms with E-state index in [1.54, 1.807) is 6.92 Å². The van der Waals surface area contributed by atoms with Crippen LogP contribution in [0.1, 0.15) is 37.8 Å². The van der Waals surface area contributed by atoms with Crippen molar-refractivity contribution >= 4 is 11.7 Å². The van der Waals surface area contributed by atoms with Crippen LogP contribution in [0.4, 0.5) is 0 Å². The lowest BCUT2D eigenvalue weighted by molar-refractivity contribution is -0.122. The minimum Gasteiger partial charge on any atom is -0.409 e. The third kappa shape index (κ3) is 4.26. The number of carbonyl (C=O) groups is 1. The van der Waals surface area contributed by atoms with Gasteiger partial charge in [-0.1, -0.05) is 41.9 Å². The number of amidine groups is 1. The van der Waals surface area contributed by atoms with Gasteiger partial charge in [-0.05, 0) is 32.3 Å². The lowest BCUT2D eigenvalue weighted by Crippen LogP contribution is -2.55. The molecule has 0 saturated heterocycles. The number of aryl methyl sites for hydroxylation is 2. The summed E-state index contributed by atoms with van der Waals surface area (Å²) in [7, 11) is 0. The van der Waals surface area contributed by atoms with Gasteiger partial charge in [0, 0.05) is 6.42 Å². The lowest BCUT2D eigenvalue weighted by Gasteiger charge is -2.28. The molecule has 0 saturated carbocycles. The fraction of sp³-hybridized carbons (Fsp3) is 0.467. The van der Waals surface area contributed by atoms with Gasteiger partial charge in [0.1, 0.15) is 0 Å². The van der Waals surface area contributed by atoms with Crippen molar-refractivity contribution in [2.75, 3.05) is 0 Å². The predicted octanol–water partition coefficient (Wildman–Crippen LogP) is 1.96. The number of nitrogens with two attached hydrogens (primary N) is 1. The van der Waals surface area contributed by atoms with Crippen LogP contribution in [0.15, 0.2) is 29.4 Å². The zero-order valence-corrected chi connectivity index (χ0v) is 12.3. The van der Waals surface area contributed by atoms with Crippen molar-refractivity contribution in [2.45, 2.75) is 45.6 Å². The van der Waals surface area contributed by atoms with E-state index in [0.29, 0.717) is 19.3 Å². The molecule has 1 atom stereocenters. The molecule has 1 amide bonds. The van der Waals surface area contributed by atoms with Gasteiger partial charge in [0.15, 0.2) is 5.84 Å². The van der Waals surface area contributed by atoms with Crippen molar-refractivity contribution in [3.05, 3.63) is 35.4 Å². The highest BCUT2D eigenvalue weighted by atomic mass is 16.4. The molecule has 1 unspecified atom stereocenters. The molecule has 0 aliphatic rings. The van der Waals surface area contributed by atoms with Gasteiger partial charge in [-0.3, -0.25) is 4.79 Å². The van der Waals surface area contributed by atoms with Crippen molar-refractivity contribution in [1.29, 1.82) is 0 Å². The number of nitrogens with zero attached hydrogens (tertiary/aromatic N) is 1. The smallest absolute Gasteiger partial charge is 0.221 e. The summed E-state index contributed by atoms with van der Waals surface area (Å²) in [5.74, 6) is -0.0913. The van der Waals surface area contributed by atoms with Crippen molar-refractivity contribution in [3.8, 4) is 0 Å². The number of carbonyl (C=O) groups excluding carboxylic acids is 1. The van der Waals surface area contributed by atoms with Gasteiger partial charge in [-0.15, -0.1) is 0 Å². The average molecular weight is 277 g/mol. The zero-order chi connectivity index (χ0) is 15.2. The molecule has 0 aromatic heterocycles. The maximum absolute atomic E-state index is 12.0. The maximum Gasteiger partial charge on any atom is 0.221 e. The molecule has 1 aromatic carbocycles. The SMILES string of the molecule is CCC(C)(NC(=O)CCc1cccc(C)c1)C(N)=NO. The Labute approximate surface area is 119 Å². The molecular weight excluding hydrogens is 254 g/mol. The molecule has 0 spiro atoms. The molecule has 0 heterocycles. The van der Waals surface area contributed by atoms with Gasteiger partial charge >= 0.3 is 0 Å². The van der Waals surface area contributed by atoms with Gasteiger partial charge in [-0.25, -0.2) is 0 Å². The van der Waals surface area contributed by atoms with E-state index in [4.69, 9.17) is 10.9 Å². The van der Waals surface area contributed by atoms with E-state index in [1.165, 1.54) is 5.56 Å². The van der Waals surface area contributed by atoms with E-state index in [1.807, 2.05) is 32.0 Å². The molecule has 5 nitrogen and oxygen atoms in total. The number of amides is 1. The van der Waals surface area contributed by atoms with Crippen LogP contribution in [0, 0.1) is 6.92 Å². The first-order chi connectivity index (χ1) is 9.41. The van der Waals surface area contributed by atoms with Crippen molar-refractivity contribution in [1.82, 2.24) is 5.32 Å². The number of hydrogen-bond acceptors (Lipinski definition) is 3. The highest BCUT2D eigenvalue weighted by Crippen LogP contribution is 2.11. The summed E-state index contributed by atoms with van der Waals surface area (Å²) < 4.78 is 0. The summed E-state index contributed by atoms with van der Waals surface area (Å²) in [4.78, 5) is 12.0. The molecular formula is C15H23N3O2. The highest BCUT2D eigenvalue weighted by molar-refractivity contribution is 5.93. The Kier molecular flexibility index (Phi) is 5.55. The molecule has 0 fully saturated rings. The molecule has 1 aromatic rings. The van der Waals surface area contributed by atoms with E-state index < -0.39 is 5.54 Å². The van der Waals surface area contributed by atoms with Gasteiger partial charge in [-0.2, -0.15) is 0 Å². The molecule has 1 rings (SSSR count). The van der Waals surface area contributed by atoms with Gasteiger partial charge in [0.2, 0.25) is 5.91 Å². The molecule has 5 heteroatoms. The van der Waals surface area contributed by atoms with Crippen molar-refractivity contribution in [3.63, 3.8) is 0 Å². The van der Waals surface area contributed by atoms with Gasteiger partial charge in [0.05, 0.1) is 5.54 Å². The first kappa shape index (κ1) is 16.0. The topological polar surface area (TPSA) is 87.7 Å². The Morgan fingerprint density at radius 2 is 2.20 bits per heavy atom. The fourth-order valence-electron chi connectivity index (χ4n) is 1.94. The number of benzene rings is 1. The molecule has 0 aliphatic heterocycles. The Morgan fingerprint density at radius 3 is 2.75 bits per heavy atom. The van der Waals surface area contributed by atoms with Crippen LogP contribution < -0.4 is 11.1 Å². The molecule has 20 heavy (non-hydrogen) atoms. The van der Waals surface area contributed by atoms with E-state index in [2.05, 4.69) is 16.5 Å². The fourth-order valence-corrected chi connectivity index (χ4v) is 1.94. The number of oxime groups is 1. The Hall–Kier alpha value is -2.04. The normalized spacial score (nSPS) is 14.7. The van der Waals surface area contributed by atoms with Crippen LogP contribution in [0.3, 0.4) is 0 Å². The number of nitrogens with one attached hydrogen (secondary N) is 1. The Balaban J connectivity index is 2.59. The van der Waals surface area contributed by atoms with Crippen LogP contribution in [0.5, 0.6) is 0 Å². The van der Waals surface area contributed by atoms with Crippen LogP contribution >= 0.6 is 0 Å². The third-order valence-corrected chi connectivity index (χ3v) is 3.52. The van der Waals surface area contributed by atoms with Crippen LogP contribution in [0.25, 0.3) is 0 Å². The molecule has 4 N–H and O–H groups in total. The zero-order valence-electron chi connectivity index (χ0n) is 12.3. The predicted molar refractivity (Wildman–Crippen MR) is 79.7 cm³/mol. The molecule has 0 radical (unpaired) electrons. The molecule has 0 aliphatic carbocycles. The van der Waals surface area contributed by atoms with Gasteiger partial charge < -0.3 is 16.3 Å². The van der Waals surface area contributed by atoms with E-state index in [9.17, 15) is 4.79 Å². The monoisotopic (exact) mass is 277 g/mol. The van der Waals surface area contributed by atoms with E-state index in [0.717, 1.165) is 5.56 Å². The summed E-state index contributed by atoms with van der Waals surface area (Å²) in [5, 5.41) is 14.6. The Morgan fingerprint density at radius 1 is 1.50 bits per heavy atom. The highest BCUT2D eigenvalue weighted by Gasteiger charge is 2.29. The lowest BCUT2D eigenvalue weighted by atomic mass is 9.97. The quantitative estimate of drug-likeness (QED) is 0.321. The molecule has 110 valence electrons. The average Bonchev–Trinajstić information content (AvgIpc) is 2.44. The molecule has 0 bridgehead atoms. The second-order valence-corrected chi connectivity index (χ2v) is 5.21. The second kappa shape index (κ2) is 6.93. The minimum absolute atomic E-state index is 0.0175. The van der Waals surface area contributed by atoms with Crippen LogP contribution in [0.2, 0.25) is 0 Å². The van der Waals surface area contributed by atoms with Gasteiger partial charge in [0.25, 0.3) is 0 Å². The minimum atomic E-state index is -0.807. The third-order valence-electron chi connectivity index (χ3n) is 3.52. The summed E-state index contributed by atoms with van der Waals surface area (Å²) in [6.07, 6.45) is 1.60. The summed E-state index contributed by atoms with van der Waals surface area (Å²) in [6.45, 7) is 5.64.